The molecule has 0 amide bonds. The molecular formula is C17H14O3. The Morgan fingerprint density at radius 1 is 0.900 bits per heavy atom. The van der Waals surface area contributed by atoms with Crippen molar-refractivity contribution in [1.82, 2.24) is 0 Å². The number of carbonyl (C=O) groups is 1. The predicted octanol–water partition coefficient (Wildman–Crippen LogP) is 3.31. The van der Waals surface area contributed by atoms with Gasteiger partial charge in [-0.25, -0.2) is 0 Å². The number of fused-ring (bicyclic) bond motifs is 1. The van der Waals surface area contributed by atoms with Crippen LogP contribution in [0.2, 0.25) is 0 Å². The maximum Gasteiger partial charge on any atom is 0.189 e. The summed E-state index contributed by atoms with van der Waals surface area (Å²) in [7, 11) is 0. The average Bonchev–Trinajstić information content (AvgIpc) is 2.45. The van der Waals surface area contributed by atoms with E-state index in [9.17, 15) is 15.0 Å². The number of Topliss-reactive ketones (excluding diaryl/α,β-unsaturated/α-hetero) is 1. The molecule has 100 valence electrons. The van der Waals surface area contributed by atoms with Crippen molar-refractivity contribution in [1.29, 1.82) is 0 Å². The Kier molecular flexibility index (Phi) is 3.03. The van der Waals surface area contributed by atoms with Crippen LogP contribution in [-0.4, -0.2) is 16.0 Å². The molecule has 0 heterocycles. The number of hydrogen-bond donors (Lipinski definition) is 2. The summed E-state index contributed by atoms with van der Waals surface area (Å²) >= 11 is 0. The van der Waals surface area contributed by atoms with Crippen molar-refractivity contribution in [3.8, 4) is 11.5 Å². The van der Waals surface area contributed by atoms with Gasteiger partial charge in [0.15, 0.2) is 5.78 Å². The molecule has 2 aromatic rings. The molecule has 0 saturated heterocycles. The highest BCUT2D eigenvalue weighted by Gasteiger charge is 2.23. The van der Waals surface area contributed by atoms with Crippen LogP contribution in [0.5, 0.6) is 11.5 Å². The number of para-hydroxylation sites is 1. The highest BCUT2D eigenvalue weighted by atomic mass is 16.3. The van der Waals surface area contributed by atoms with Gasteiger partial charge < -0.3 is 10.2 Å². The van der Waals surface area contributed by atoms with Crippen LogP contribution < -0.4 is 0 Å². The van der Waals surface area contributed by atoms with Crippen LogP contribution in [0.25, 0.3) is 6.08 Å². The van der Waals surface area contributed by atoms with Crippen LogP contribution in [0.15, 0.2) is 48.0 Å². The van der Waals surface area contributed by atoms with Crippen molar-refractivity contribution in [2.24, 2.45) is 0 Å². The van der Waals surface area contributed by atoms with Gasteiger partial charge in [0, 0.05) is 22.3 Å². The lowest BCUT2D eigenvalue weighted by Crippen LogP contribution is -2.14. The minimum Gasteiger partial charge on any atom is -0.508 e. The number of carbonyl (C=O) groups excluding carboxylic acids is 1. The zero-order valence-electron chi connectivity index (χ0n) is 10.8. The SMILES string of the molecule is O=C1/C(=C/c2ccccc2O)CCc2c(O)cccc21. The van der Waals surface area contributed by atoms with Crippen LogP contribution in [0.4, 0.5) is 0 Å². The second kappa shape index (κ2) is 4.85. The van der Waals surface area contributed by atoms with Crippen LogP contribution >= 0.6 is 0 Å². The maximum absolute atomic E-state index is 12.4. The largest absolute Gasteiger partial charge is 0.508 e. The number of hydrogen-bond acceptors (Lipinski definition) is 3. The molecule has 0 fully saturated rings. The van der Waals surface area contributed by atoms with Crippen LogP contribution in [-0.2, 0) is 6.42 Å². The number of rotatable bonds is 1. The van der Waals surface area contributed by atoms with E-state index in [2.05, 4.69) is 0 Å². The lowest BCUT2D eigenvalue weighted by molar-refractivity contribution is 0.102. The molecule has 3 nitrogen and oxygen atoms in total. The molecule has 0 saturated carbocycles. The molecule has 2 N–H and O–H groups in total. The first kappa shape index (κ1) is 12.5. The number of phenols is 2. The summed E-state index contributed by atoms with van der Waals surface area (Å²) in [5.41, 5.74) is 2.56. The second-order valence-electron chi connectivity index (χ2n) is 4.86. The third kappa shape index (κ3) is 2.07. The summed E-state index contributed by atoms with van der Waals surface area (Å²) in [6.45, 7) is 0. The smallest absolute Gasteiger partial charge is 0.189 e. The molecule has 20 heavy (non-hydrogen) atoms. The minimum absolute atomic E-state index is 0.0783. The Labute approximate surface area is 116 Å². The van der Waals surface area contributed by atoms with Crippen molar-refractivity contribution in [3.05, 3.63) is 64.7 Å². The van der Waals surface area contributed by atoms with Crippen LogP contribution in [0.3, 0.4) is 0 Å². The Bertz CT molecular complexity index is 714. The van der Waals surface area contributed by atoms with E-state index in [4.69, 9.17) is 0 Å². The fourth-order valence-corrected chi connectivity index (χ4v) is 2.53. The molecule has 0 atom stereocenters. The number of allylic oxidation sites excluding steroid dienone is 1. The van der Waals surface area contributed by atoms with E-state index in [1.807, 2.05) is 6.07 Å². The highest BCUT2D eigenvalue weighted by Crippen LogP contribution is 2.32. The van der Waals surface area contributed by atoms with E-state index in [0.717, 1.165) is 0 Å². The number of ketones is 1. The van der Waals surface area contributed by atoms with Gasteiger partial charge in [0.05, 0.1) is 0 Å². The summed E-state index contributed by atoms with van der Waals surface area (Å²) in [5, 5.41) is 19.6. The summed E-state index contributed by atoms with van der Waals surface area (Å²) in [5.74, 6) is 0.261. The van der Waals surface area contributed by atoms with E-state index in [1.165, 1.54) is 0 Å². The van der Waals surface area contributed by atoms with Gasteiger partial charge in [-0.15, -0.1) is 0 Å². The first-order valence-corrected chi connectivity index (χ1v) is 6.51. The van der Waals surface area contributed by atoms with Gasteiger partial charge >= 0.3 is 0 Å². The number of aromatic hydroxyl groups is 2. The fourth-order valence-electron chi connectivity index (χ4n) is 2.53. The highest BCUT2D eigenvalue weighted by molar-refractivity contribution is 6.13. The molecule has 3 heteroatoms. The van der Waals surface area contributed by atoms with E-state index in [1.54, 1.807) is 42.5 Å². The van der Waals surface area contributed by atoms with Crippen molar-refractivity contribution >= 4 is 11.9 Å². The molecule has 0 aromatic heterocycles. The van der Waals surface area contributed by atoms with Crippen molar-refractivity contribution in [2.75, 3.05) is 0 Å². The number of phenolic OH excluding ortho intramolecular Hbond substituents is 2. The van der Waals surface area contributed by atoms with Crippen LogP contribution in [0.1, 0.15) is 27.9 Å². The van der Waals surface area contributed by atoms with Gasteiger partial charge in [-0.05, 0) is 31.1 Å². The summed E-state index contributed by atoms with van der Waals surface area (Å²) < 4.78 is 0. The first-order chi connectivity index (χ1) is 9.66. The molecule has 0 spiro atoms. The average molecular weight is 266 g/mol. The zero-order chi connectivity index (χ0) is 14.1. The standard InChI is InChI=1S/C17H14O3/c18-15-6-2-1-4-11(15)10-12-8-9-13-14(17(12)20)5-3-7-16(13)19/h1-7,10,18-19H,8-9H2/b12-10+. The normalized spacial score (nSPS) is 16.2. The van der Waals surface area contributed by atoms with Gasteiger partial charge in [-0.3, -0.25) is 4.79 Å². The van der Waals surface area contributed by atoms with Gasteiger partial charge in [0.2, 0.25) is 0 Å². The molecule has 3 rings (SSSR count). The monoisotopic (exact) mass is 266 g/mol. The van der Waals surface area contributed by atoms with E-state index < -0.39 is 0 Å². The Morgan fingerprint density at radius 2 is 1.65 bits per heavy atom. The zero-order valence-corrected chi connectivity index (χ0v) is 10.8. The molecule has 2 aromatic carbocycles. The second-order valence-corrected chi connectivity index (χ2v) is 4.86. The van der Waals surface area contributed by atoms with Gasteiger partial charge in [-0.1, -0.05) is 30.3 Å². The summed E-state index contributed by atoms with van der Waals surface area (Å²) in [6.07, 6.45) is 2.93. The maximum atomic E-state index is 12.4. The lowest BCUT2D eigenvalue weighted by atomic mass is 9.85. The third-order valence-electron chi connectivity index (χ3n) is 3.60. The van der Waals surface area contributed by atoms with Crippen LogP contribution in [0, 0.1) is 0 Å². The topological polar surface area (TPSA) is 57.5 Å². The molecular weight excluding hydrogens is 252 g/mol. The molecule has 1 aliphatic rings. The summed E-state index contributed by atoms with van der Waals surface area (Å²) in [4.78, 5) is 12.4. The van der Waals surface area contributed by atoms with Crippen molar-refractivity contribution < 1.29 is 15.0 Å². The van der Waals surface area contributed by atoms with Gasteiger partial charge in [0.1, 0.15) is 11.5 Å². The molecule has 1 aliphatic carbocycles. The lowest BCUT2D eigenvalue weighted by Gasteiger charge is -2.18. The Morgan fingerprint density at radius 3 is 2.45 bits per heavy atom. The molecule has 0 bridgehead atoms. The Hall–Kier alpha value is -2.55. The van der Waals surface area contributed by atoms with E-state index >= 15 is 0 Å². The molecule has 0 aliphatic heterocycles. The predicted molar refractivity (Wildman–Crippen MR) is 76.8 cm³/mol. The summed E-state index contributed by atoms with van der Waals surface area (Å²) in [6, 6.07) is 11.9. The quantitative estimate of drug-likeness (QED) is 0.778. The Balaban J connectivity index is 2.03. The fraction of sp³-hybridized carbons (Fsp3) is 0.118. The van der Waals surface area contributed by atoms with E-state index in [0.29, 0.717) is 35.1 Å². The molecule has 0 unspecified atom stereocenters. The van der Waals surface area contributed by atoms with Gasteiger partial charge in [-0.2, -0.15) is 0 Å². The van der Waals surface area contributed by atoms with Crippen molar-refractivity contribution in [3.63, 3.8) is 0 Å². The third-order valence-corrected chi connectivity index (χ3v) is 3.60. The first-order valence-electron chi connectivity index (χ1n) is 6.51. The van der Waals surface area contributed by atoms with E-state index in [-0.39, 0.29) is 17.3 Å². The number of benzene rings is 2. The minimum atomic E-state index is -0.0783. The van der Waals surface area contributed by atoms with Crippen molar-refractivity contribution in [2.45, 2.75) is 12.8 Å². The molecule has 0 radical (unpaired) electrons. The van der Waals surface area contributed by atoms with Gasteiger partial charge in [0.25, 0.3) is 0 Å².